The number of nitrogens with zero attached hydrogens (tertiary/aromatic N) is 1. The minimum atomic E-state index is -3.85. The second-order valence-corrected chi connectivity index (χ2v) is 8.39. The Hall–Kier alpha value is -1.80. The number of hydrogen-bond donors (Lipinski definition) is 1. The number of carbonyl (C=O) groups excluding carboxylic acids is 1. The zero-order valence-corrected chi connectivity index (χ0v) is 15.3. The molecule has 0 spiro atoms. The first kappa shape index (κ1) is 18.0. The van der Waals surface area contributed by atoms with Crippen LogP contribution in [0.5, 0.6) is 11.5 Å². The van der Waals surface area contributed by atoms with Crippen molar-refractivity contribution in [3.8, 4) is 11.5 Å². The topological polar surface area (TPSA) is 84.9 Å². The van der Waals surface area contributed by atoms with Gasteiger partial charge in [0.1, 0.15) is 19.3 Å². The summed E-state index contributed by atoms with van der Waals surface area (Å²) in [6.07, 6.45) is 1.93. The number of amides is 1. The number of benzene rings is 1. The van der Waals surface area contributed by atoms with E-state index in [0.717, 1.165) is 12.8 Å². The van der Waals surface area contributed by atoms with Gasteiger partial charge < -0.3 is 14.4 Å². The maximum atomic E-state index is 12.8. The van der Waals surface area contributed by atoms with E-state index in [4.69, 9.17) is 9.47 Å². The van der Waals surface area contributed by atoms with Gasteiger partial charge in [-0.05, 0) is 30.9 Å². The normalized spacial score (nSPS) is 18.4. The van der Waals surface area contributed by atoms with Crippen molar-refractivity contribution in [3.63, 3.8) is 0 Å². The molecule has 1 N–H and O–H groups in total. The van der Waals surface area contributed by atoms with Crippen LogP contribution in [0.4, 0.5) is 0 Å². The van der Waals surface area contributed by atoms with Crippen LogP contribution >= 0.6 is 0 Å². The Bertz CT molecular complexity index is 741. The number of rotatable bonds is 5. The Labute approximate surface area is 148 Å². The maximum Gasteiger partial charge on any atom is 0.241 e. The fourth-order valence-electron chi connectivity index (χ4n) is 3.03. The van der Waals surface area contributed by atoms with Crippen LogP contribution in [0.3, 0.4) is 0 Å². The predicted molar refractivity (Wildman–Crippen MR) is 92.2 cm³/mol. The van der Waals surface area contributed by atoms with Gasteiger partial charge in [0.05, 0.1) is 4.90 Å². The second-order valence-electron chi connectivity index (χ2n) is 6.68. The van der Waals surface area contributed by atoms with Gasteiger partial charge in [0.2, 0.25) is 15.9 Å². The average Bonchev–Trinajstić information content (AvgIpc) is 3.13. The van der Waals surface area contributed by atoms with Gasteiger partial charge in [-0.25, -0.2) is 8.42 Å². The van der Waals surface area contributed by atoms with Crippen LogP contribution in [0.1, 0.15) is 26.7 Å². The molecule has 1 atom stereocenters. The third-order valence-electron chi connectivity index (χ3n) is 4.46. The number of nitrogens with one attached hydrogen (secondary N) is 1. The van der Waals surface area contributed by atoms with Gasteiger partial charge in [-0.3, -0.25) is 4.79 Å². The van der Waals surface area contributed by atoms with Crippen LogP contribution in [0.15, 0.2) is 23.1 Å². The van der Waals surface area contributed by atoms with Gasteiger partial charge in [0.15, 0.2) is 11.5 Å². The van der Waals surface area contributed by atoms with Gasteiger partial charge in [-0.15, -0.1) is 0 Å². The first-order chi connectivity index (χ1) is 11.9. The van der Waals surface area contributed by atoms with Crippen molar-refractivity contribution in [2.45, 2.75) is 37.6 Å². The number of sulfonamides is 1. The summed E-state index contributed by atoms with van der Waals surface area (Å²) in [5, 5.41) is 0. The zero-order valence-electron chi connectivity index (χ0n) is 14.5. The molecule has 0 radical (unpaired) electrons. The SMILES string of the molecule is CC(C)[C@@H](NS(=O)(=O)c1ccc2c(c1)OCCO2)C(=O)N1CCCC1. The van der Waals surface area contributed by atoms with Crippen LogP contribution in [0.2, 0.25) is 0 Å². The Morgan fingerprint density at radius 3 is 2.40 bits per heavy atom. The number of carbonyl (C=O) groups is 1. The van der Waals surface area contributed by atoms with Gasteiger partial charge in [0.25, 0.3) is 0 Å². The minimum absolute atomic E-state index is 0.0663. The zero-order chi connectivity index (χ0) is 18.0. The summed E-state index contributed by atoms with van der Waals surface area (Å²) in [5.41, 5.74) is 0. The lowest BCUT2D eigenvalue weighted by Crippen LogP contribution is -2.50. The number of fused-ring (bicyclic) bond motifs is 1. The van der Waals surface area contributed by atoms with Gasteiger partial charge >= 0.3 is 0 Å². The third-order valence-corrected chi connectivity index (χ3v) is 5.90. The van der Waals surface area contributed by atoms with Crippen molar-refractivity contribution in [2.75, 3.05) is 26.3 Å². The molecule has 0 saturated carbocycles. The number of ether oxygens (including phenoxy) is 2. The number of hydrogen-bond acceptors (Lipinski definition) is 5. The summed E-state index contributed by atoms with van der Waals surface area (Å²) in [5.74, 6) is 0.619. The summed E-state index contributed by atoms with van der Waals surface area (Å²) in [6, 6.07) is 3.70. The highest BCUT2D eigenvalue weighted by molar-refractivity contribution is 7.89. The van der Waals surface area contributed by atoms with E-state index in [0.29, 0.717) is 37.8 Å². The van der Waals surface area contributed by atoms with Crippen molar-refractivity contribution >= 4 is 15.9 Å². The Morgan fingerprint density at radius 1 is 1.12 bits per heavy atom. The monoisotopic (exact) mass is 368 g/mol. The Morgan fingerprint density at radius 2 is 1.76 bits per heavy atom. The van der Waals surface area contributed by atoms with E-state index < -0.39 is 16.1 Å². The highest BCUT2D eigenvalue weighted by Crippen LogP contribution is 2.32. The molecule has 0 unspecified atom stereocenters. The van der Waals surface area contributed by atoms with Crippen LogP contribution < -0.4 is 14.2 Å². The van der Waals surface area contributed by atoms with Crippen LogP contribution in [0.25, 0.3) is 0 Å². The van der Waals surface area contributed by atoms with Crippen LogP contribution in [-0.2, 0) is 14.8 Å². The summed E-state index contributed by atoms with van der Waals surface area (Å²) in [6.45, 7) is 5.88. The first-order valence-electron chi connectivity index (χ1n) is 8.59. The molecule has 0 bridgehead atoms. The average molecular weight is 368 g/mol. The molecule has 2 aliphatic rings. The Balaban J connectivity index is 1.81. The van der Waals surface area contributed by atoms with Crippen LogP contribution in [-0.4, -0.2) is 51.6 Å². The summed E-state index contributed by atoms with van der Waals surface area (Å²) >= 11 is 0. The van der Waals surface area contributed by atoms with Gasteiger partial charge in [-0.2, -0.15) is 4.72 Å². The van der Waals surface area contributed by atoms with E-state index in [1.165, 1.54) is 12.1 Å². The van der Waals surface area contributed by atoms with Crippen molar-refractivity contribution < 1.29 is 22.7 Å². The molecule has 1 aromatic rings. The summed E-state index contributed by atoms with van der Waals surface area (Å²) < 4.78 is 39.0. The smallest absolute Gasteiger partial charge is 0.241 e. The molecule has 2 aliphatic heterocycles. The van der Waals surface area contributed by atoms with E-state index in [1.807, 2.05) is 13.8 Å². The number of likely N-dealkylation sites (tertiary alicyclic amines) is 1. The molecular weight excluding hydrogens is 344 g/mol. The molecule has 1 saturated heterocycles. The molecule has 8 heteroatoms. The van der Waals surface area contributed by atoms with E-state index in [2.05, 4.69) is 4.72 Å². The molecule has 7 nitrogen and oxygen atoms in total. The first-order valence-corrected chi connectivity index (χ1v) is 10.1. The summed E-state index contributed by atoms with van der Waals surface area (Å²) in [4.78, 5) is 14.5. The van der Waals surface area contributed by atoms with Gasteiger partial charge in [-0.1, -0.05) is 13.8 Å². The van der Waals surface area contributed by atoms with E-state index >= 15 is 0 Å². The molecule has 25 heavy (non-hydrogen) atoms. The lowest BCUT2D eigenvalue weighted by molar-refractivity contribution is -0.132. The molecule has 2 heterocycles. The van der Waals surface area contributed by atoms with E-state index in [1.54, 1.807) is 11.0 Å². The third kappa shape index (κ3) is 3.90. The second kappa shape index (κ2) is 7.21. The van der Waals surface area contributed by atoms with Gasteiger partial charge in [0, 0.05) is 19.2 Å². The molecule has 1 aromatic carbocycles. The molecule has 3 rings (SSSR count). The lowest BCUT2D eigenvalue weighted by Gasteiger charge is -2.26. The van der Waals surface area contributed by atoms with Crippen molar-refractivity contribution in [1.82, 2.24) is 9.62 Å². The highest BCUT2D eigenvalue weighted by atomic mass is 32.2. The van der Waals surface area contributed by atoms with Crippen molar-refractivity contribution in [1.29, 1.82) is 0 Å². The van der Waals surface area contributed by atoms with E-state index in [-0.39, 0.29) is 16.7 Å². The predicted octanol–water partition coefficient (Wildman–Crippen LogP) is 1.38. The lowest BCUT2D eigenvalue weighted by atomic mass is 10.0. The summed E-state index contributed by atoms with van der Waals surface area (Å²) in [7, 11) is -3.85. The quantitative estimate of drug-likeness (QED) is 0.849. The standard InChI is InChI=1S/C17H24N2O5S/c1-12(2)16(17(20)19-7-3-4-8-19)18-25(21,22)13-5-6-14-15(11-13)24-10-9-23-14/h5-6,11-12,16,18H,3-4,7-10H2,1-2H3/t16-/m1/s1. The fourth-order valence-corrected chi connectivity index (χ4v) is 4.38. The van der Waals surface area contributed by atoms with Crippen molar-refractivity contribution in [3.05, 3.63) is 18.2 Å². The maximum absolute atomic E-state index is 12.8. The van der Waals surface area contributed by atoms with Crippen LogP contribution in [0, 0.1) is 5.92 Å². The molecule has 1 amide bonds. The van der Waals surface area contributed by atoms with Crippen molar-refractivity contribution in [2.24, 2.45) is 5.92 Å². The van der Waals surface area contributed by atoms with E-state index in [9.17, 15) is 13.2 Å². The molecular formula is C17H24N2O5S. The molecule has 0 aromatic heterocycles. The minimum Gasteiger partial charge on any atom is -0.486 e. The fraction of sp³-hybridized carbons (Fsp3) is 0.588. The largest absolute Gasteiger partial charge is 0.486 e. The molecule has 1 fully saturated rings. The molecule has 138 valence electrons. The Kier molecular flexibility index (Phi) is 5.19. The molecule has 0 aliphatic carbocycles. The highest BCUT2D eigenvalue weighted by Gasteiger charge is 2.33.